The molecule has 13 heavy (non-hydrogen) atoms. The quantitative estimate of drug-likeness (QED) is 0.355. The van der Waals surface area contributed by atoms with Crippen LogP contribution in [0, 0.1) is 23.3 Å². The Bertz CT molecular complexity index is 344. The SMILES string of the molecule is [B-]c1c(F)c(F)c(C=C)c(F)c1F. The van der Waals surface area contributed by atoms with E-state index in [-0.39, 0.29) is 0 Å². The molecule has 0 nitrogen and oxygen atoms in total. The third kappa shape index (κ3) is 1.34. The van der Waals surface area contributed by atoms with Gasteiger partial charge in [-0.3, -0.25) is 0 Å². The first-order valence-corrected chi connectivity index (χ1v) is 3.24. The second-order valence-electron chi connectivity index (χ2n) is 2.29. The summed E-state index contributed by atoms with van der Waals surface area (Å²) in [5.41, 5.74) is -2.02. The molecule has 0 unspecified atom stereocenters. The molecule has 0 saturated heterocycles. The van der Waals surface area contributed by atoms with Crippen molar-refractivity contribution >= 4 is 19.4 Å². The molecule has 0 spiro atoms. The second kappa shape index (κ2) is 3.24. The molecule has 1 aromatic carbocycles. The number of benzene rings is 1. The Hall–Kier alpha value is -1.26. The first-order chi connectivity index (χ1) is 6.00. The summed E-state index contributed by atoms with van der Waals surface area (Å²) < 4.78 is 50.9. The van der Waals surface area contributed by atoms with E-state index in [9.17, 15) is 17.6 Å². The molecule has 0 fully saturated rings. The van der Waals surface area contributed by atoms with Gasteiger partial charge < -0.3 is 7.85 Å². The van der Waals surface area contributed by atoms with E-state index in [0.717, 1.165) is 0 Å². The van der Waals surface area contributed by atoms with Crippen LogP contribution in [0.15, 0.2) is 6.58 Å². The van der Waals surface area contributed by atoms with Crippen LogP contribution in [0.3, 0.4) is 0 Å². The molecular formula is C8H3BF4-. The molecule has 0 atom stereocenters. The molecule has 0 saturated carbocycles. The highest BCUT2D eigenvalue weighted by Crippen LogP contribution is 2.17. The molecule has 1 aromatic rings. The topological polar surface area (TPSA) is 0 Å². The van der Waals surface area contributed by atoms with E-state index in [4.69, 9.17) is 7.85 Å². The average Bonchev–Trinajstić information content (AvgIpc) is 2.13. The summed E-state index contributed by atoms with van der Waals surface area (Å²) in [6.45, 7) is 3.01. The van der Waals surface area contributed by atoms with Crippen LogP contribution >= 0.6 is 0 Å². The van der Waals surface area contributed by atoms with Crippen molar-refractivity contribution < 1.29 is 17.6 Å². The maximum atomic E-state index is 12.8. The number of hydrogen-bond acceptors (Lipinski definition) is 0. The maximum absolute atomic E-state index is 12.8. The summed E-state index contributed by atoms with van der Waals surface area (Å²) in [5.74, 6) is -6.28. The van der Waals surface area contributed by atoms with E-state index >= 15 is 0 Å². The predicted octanol–water partition coefficient (Wildman–Crippen LogP) is 1.68. The fourth-order valence-electron chi connectivity index (χ4n) is 0.845. The molecule has 0 aliphatic rings. The summed E-state index contributed by atoms with van der Waals surface area (Å²) in [4.78, 5) is 0. The molecule has 5 heteroatoms. The summed E-state index contributed by atoms with van der Waals surface area (Å²) in [6, 6.07) is 0. The van der Waals surface area contributed by atoms with Crippen LogP contribution in [0.4, 0.5) is 17.6 Å². The lowest BCUT2D eigenvalue weighted by atomic mass is 9.92. The highest BCUT2D eigenvalue weighted by atomic mass is 19.2. The largest absolute Gasteiger partial charge is 0.572 e. The molecule has 67 valence electrons. The maximum Gasteiger partial charge on any atom is 0.165 e. The van der Waals surface area contributed by atoms with Crippen molar-refractivity contribution in [2.45, 2.75) is 0 Å². The van der Waals surface area contributed by atoms with Gasteiger partial charge >= 0.3 is 0 Å². The molecule has 0 aliphatic carbocycles. The van der Waals surface area contributed by atoms with Crippen LogP contribution in [0.1, 0.15) is 5.56 Å². The lowest BCUT2D eigenvalue weighted by Gasteiger charge is -2.14. The molecule has 1 rings (SSSR count). The van der Waals surface area contributed by atoms with Crippen molar-refractivity contribution in [2.75, 3.05) is 0 Å². The third-order valence-electron chi connectivity index (χ3n) is 1.54. The molecule has 0 bridgehead atoms. The van der Waals surface area contributed by atoms with Crippen LogP contribution in [-0.4, -0.2) is 7.85 Å². The summed E-state index contributed by atoms with van der Waals surface area (Å²) in [6.07, 6.45) is 0.677. The van der Waals surface area contributed by atoms with Crippen molar-refractivity contribution in [2.24, 2.45) is 0 Å². The van der Waals surface area contributed by atoms with Crippen LogP contribution < -0.4 is 5.46 Å². The summed E-state index contributed by atoms with van der Waals surface area (Å²) in [7, 11) is 4.74. The highest BCUT2D eigenvalue weighted by molar-refractivity contribution is 6.32. The van der Waals surface area contributed by atoms with Crippen LogP contribution in [0.25, 0.3) is 6.08 Å². The number of hydrogen-bond donors (Lipinski definition) is 0. The minimum Gasteiger partial charge on any atom is -0.572 e. The lowest BCUT2D eigenvalue weighted by molar-refractivity contribution is 0.460. The smallest absolute Gasteiger partial charge is 0.165 e. The van der Waals surface area contributed by atoms with Crippen molar-refractivity contribution in [3.63, 3.8) is 0 Å². The monoisotopic (exact) mass is 186 g/mol. The Balaban J connectivity index is 3.66. The van der Waals surface area contributed by atoms with E-state index in [1.54, 1.807) is 0 Å². The van der Waals surface area contributed by atoms with Gasteiger partial charge in [0.05, 0.1) is 5.56 Å². The molecule has 0 aliphatic heterocycles. The Morgan fingerprint density at radius 1 is 0.923 bits per heavy atom. The van der Waals surface area contributed by atoms with Gasteiger partial charge in [-0.25, -0.2) is 23.0 Å². The standard InChI is InChI=1S/C8H3BF4/c1-2-3-5(10)7(12)4(9)8(13)6(3)11/h2H,1H2/q-1. The Labute approximate surface area is 73.3 Å². The molecule has 3 radical (unpaired) electrons. The van der Waals surface area contributed by atoms with E-state index in [1.807, 2.05) is 0 Å². The molecule has 0 N–H and O–H groups in total. The zero-order chi connectivity index (χ0) is 10.2. The minimum absolute atomic E-state index is 0.677. The van der Waals surface area contributed by atoms with Gasteiger partial charge in [0.2, 0.25) is 0 Å². The van der Waals surface area contributed by atoms with Gasteiger partial charge in [0.1, 0.15) is 11.6 Å². The van der Waals surface area contributed by atoms with Gasteiger partial charge in [-0.2, -0.15) is 0 Å². The van der Waals surface area contributed by atoms with E-state index < -0.39 is 34.3 Å². The first-order valence-electron chi connectivity index (χ1n) is 3.24. The Morgan fingerprint density at radius 2 is 1.31 bits per heavy atom. The first kappa shape index (κ1) is 9.83. The average molecular weight is 186 g/mol. The zero-order valence-corrected chi connectivity index (χ0v) is 6.37. The predicted molar refractivity (Wildman–Crippen MR) is 41.8 cm³/mol. The van der Waals surface area contributed by atoms with Crippen molar-refractivity contribution in [3.8, 4) is 0 Å². The van der Waals surface area contributed by atoms with Gasteiger partial charge in [-0.05, 0) is 0 Å². The normalized spacial score (nSPS) is 10.2. The molecule has 0 amide bonds. The Kier molecular flexibility index (Phi) is 2.45. The summed E-state index contributed by atoms with van der Waals surface area (Å²) >= 11 is 0. The highest BCUT2D eigenvalue weighted by Gasteiger charge is 2.15. The number of halogens is 4. The Morgan fingerprint density at radius 3 is 1.62 bits per heavy atom. The van der Waals surface area contributed by atoms with Gasteiger partial charge in [-0.1, -0.05) is 12.7 Å². The fourth-order valence-corrected chi connectivity index (χ4v) is 0.845. The minimum atomic E-state index is -1.60. The van der Waals surface area contributed by atoms with Crippen LogP contribution in [0.5, 0.6) is 0 Å². The van der Waals surface area contributed by atoms with Crippen molar-refractivity contribution in [1.82, 2.24) is 0 Å². The van der Waals surface area contributed by atoms with Crippen molar-refractivity contribution in [1.29, 1.82) is 0 Å². The van der Waals surface area contributed by atoms with Crippen LogP contribution in [0.2, 0.25) is 0 Å². The molecule has 0 heterocycles. The van der Waals surface area contributed by atoms with Gasteiger partial charge in [0.25, 0.3) is 0 Å². The van der Waals surface area contributed by atoms with Crippen LogP contribution in [-0.2, 0) is 0 Å². The van der Waals surface area contributed by atoms with Crippen molar-refractivity contribution in [3.05, 3.63) is 35.4 Å². The summed E-state index contributed by atoms with van der Waals surface area (Å²) in [5, 5.41) is 0. The van der Waals surface area contributed by atoms with Gasteiger partial charge in [-0.15, -0.1) is 0 Å². The third-order valence-corrected chi connectivity index (χ3v) is 1.54. The molecule has 0 aromatic heterocycles. The van der Waals surface area contributed by atoms with E-state index in [2.05, 4.69) is 6.58 Å². The fraction of sp³-hybridized carbons (Fsp3) is 0. The second-order valence-corrected chi connectivity index (χ2v) is 2.29. The van der Waals surface area contributed by atoms with E-state index in [0.29, 0.717) is 6.08 Å². The van der Waals surface area contributed by atoms with E-state index in [1.165, 1.54) is 0 Å². The van der Waals surface area contributed by atoms with Gasteiger partial charge in [0, 0.05) is 0 Å². The van der Waals surface area contributed by atoms with Gasteiger partial charge in [0.15, 0.2) is 11.6 Å². The number of rotatable bonds is 1. The lowest BCUT2D eigenvalue weighted by Crippen LogP contribution is -2.19. The zero-order valence-electron chi connectivity index (χ0n) is 6.37. The molecular weight excluding hydrogens is 183 g/mol.